The summed E-state index contributed by atoms with van der Waals surface area (Å²) in [6, 6.07) is 4.18. The topological polar surface area (TPSA) is 56.1 Å². The quantitative estimate of drug-likeness (QED) is 0.723. The fourth-order valence-electron chi connectivity index (χ4n) is 3.48. The minimum absolute atomic E-state index is 0.0217. The number of nitrogens with zero attached hydrogens (tertiary/aromatic N) is 2. The van der Waals surface area contributed by atoms with Gasteiger partial charge in [0.05, 0.1) is 23.0 Å². The molecule has 28 heavy (non-hydrogen) atoms. The maximum Gasteiger partial charge on any atom is 0.287 e. The van der Waals surface area contributed by atoms with Gasteiger partial charge >= 0.3 is 0 Å². The zero-order valence-electron chi connectivity index (χ0n) is 17.9. The van der Waals surface area contributed by atoms with E-state index in [0.29, 0.717) is 12.4 Å². The molecular formula is C22H30BrN3O2. The molecule has 2 heterocycles. The summed E-state index contributed by atoms with van der Waals surface area (Å²) in [5, 5.41) is 3.06. The van der Waals surface area contributed by atoms with Gasteiger partial charge in [0.25, 0.3) is 5.91 Å². The number of benzene rings is 1. The summed E-state index contributed by atoms with van der Waals surface area (Å²) in [6.07, 6.45) is 0.839. The Balaban J connectivity index is 2.14. The van der Waals surface area contributed by atoms with Crippen LogP contribution in [0.3, 0.4) is 0 Å². The normalized spacial score (nSPS) is 13.7. The van der Waals surface area contributed by atoms with Crippen molar-refractivity contribution in [1.29, 1.82) is 0 Å². The van der Waals surface area contributed by atoms with E-state index >= 15 is 0 Å². The number of aromatic nitrogens is 2. The van der Waals surface area contributed by atoms with Crippen molar-refractivity contribution in [3.05, 3.63) is 33.7 Å². The Morgan fingerprint density at radius 3 is 2.50 bits per heavy atom. The minimum Gasteiger partial charge on any atom is -0.496 e. The molecule has 0 saturated carbocycles. The van der Waals surface area contributed by atoms with E-state index < -0.39 is 0 Å². The maximum atomic E-state index is 13.0. The van der Waals surface area contributed by atoms with Crippen molar-refractivity contribution in [2.75, 3.05) is 13.7 Å². The van der Waals surface area contributed by atoms with Crippen LogP contribution in [0.5, 0.6) is 5.75 Å². The molecule has 1 aliphatic heterocycles. The number of ether oxygens (including phenoxy) is 1. The van der Waals surface area contributed by atoms with E-state index in [0.717, 1.165) is 40.1 Å². The monoisotopic (exact) mass is 447 g/mol. The van der Waals surface area contributed by atoms with Crippen LogP contribution in [0.1, 0.15) is 63.4 Å². The van der Waals surface area contributed by atoms with E-state index in [9.17, 15) is 4.79 Å². The lowest BCUT2D eigenvalue weighted by atomic mass is 9.86. The molecule has 1 amide bonds. The number of hydrogen-bond donors (Lipinski definition) is 1. The lowest BCUT2D eigenvalue weighted by molar-refractivity contribution is 0.0924. The summed E-state index contributed by atoms with van der Waals surface area (Å²) in [4.78, 5) is 17.8. The van der Waals surface area contributed by atoms with Gasteiger partial charge in [-0.05, 0) is 45.5 Å². The first-order valence-electron chi connectivity index (χ1n) is 9.68. The van der Waals surface area contributed by atoms with Crippen molar-refractivity contribution in [3.8, 4) is 17.0 Å². The third-order valence-corrected chi connectivity index (χ3v) is 5.52. The van der Waals surface area contributed by atoms with E-state index in [4.69, 9.17) is 9.72 Å². The highest BCUT2D eigenvalue weighted by atomic mass is 79.9. The first-order valence-corrected chi connectivity index (χ1v) is 10.5. The van der Waals surface area contributed by atoms with Gasteiger partial charge < -0.3 is 14.6 Å². The smallest absolute Gasteiger partial charge is 0.287 e. The van der Waals surface area contributed by atoms with Crippen molar-refractivity contribution >= 4 is 21.8 Å². The number of hydrogen-bond acceptors (Lipinski definition) is 3. The summed E-state index contributed by atoms with van der Waals surface area (Å²) in [5.74, 6) is 1.22. The number of rotatable bonds is 3. The molecule has 0 unspecified atom stereocenters. The number of amides is 1. The number of imidazole rings is 1. The number of fused-ring (bicyclic) bond motifs is 3. The standard InChI is InChI=1S/C22H30BrN3O2/c1-21(2,3)12-24-20(27)19-25-18(22(4,5)6)17-14-11-15(23)16(28-7)10-13(14)8-9-26(17)19/h10-11H,8-9,12H2,1-7H3,(H,24,27). The molecular weight excluding hydrogens is 418 g/mol. The summed E-state index contributed by atoms with van der Waals surface area (Å²) >= 11 is 3.61. The number of halogens is 1. The molecule has 1 N–H and O–H groups in total. The van der Waals surface area contributed by atoms with Crippen LogP contribution in [0.2, 0.25) is 0 Å². The van der Waals surface area contributed by atoms with E-state index in [1.807, 2.05) is 0 Å². The Hall–Kier alpha value is -1.82. The molecule has 0 aliphatic carbocycles. The van der Waals surface area contributed by atoms with Crippen molar-refractivity contribution in [2.45, 2.75) is 59.9 Å². The molecule has 0 fully saturated rings. The molecule has 3 rings (SSSR count). The van der Waals surface area contributed by atoms with Gasteiger partial charge in [-0.25, -0.2) is 4.98 Å². The highest BCUT2D eigenvalue weighted by Crippen LogP contribution is 2.42. The SMILES string of the molecule is COc1cc2c(cc1Br)-c1c(C(C)(C)C)nc(C(=O)NCC(C)(C)C)n1CC2. The lowest BCUT2D eigenvalue weighted by Crippen LogP contribution is -2.34. The zero-order chi connectivity index (χ0) is 20.9. The van der Waals surface area contributed by atoms with Gasteiger partial charge in [0.2, 0.25) is 0 Å². The third-order valence-electron chi connectivity index (χ3n) is 4.90. The number of nitrogens with one attached hydrogen (secondary N) is 1. The average molecular weight is 448 g/mol. The second-order valence-electron chi connectivity index (χ2n) is 9.67. The molecule has 0 saturated heterocycles. The summed E-state index contributed by atoms with van der Waals surface area (Å²) in [6.45, 7) is 14.1. The van der Waals surface area contributed by atoms with Crippen LogP contribution >= 0.6 is 15.9 Å². The van der Waals surface area contributed by atoms with Gasteiger partial charge in [0.1, 0.15) is 5.75 Å². The molecule has 5 nitrogen and oxygen atoms in total. The summed E-state index contributed by atoms with van der Waals surface area (Å²) in [7, 11) is 1.68. The van der Waals surface area contributed by atoms with Gasteiger partial charge in [-0.1, -0.05) is 41.5 Å². The Kier molecular flexibility index (Phi) is 5.38. The minimum atomic E-state index is -0.180. The first-order chi connectivity index (χ1) is 12.9. The number of methoxy groups -OCH3 is 1. The molecule has 1 aromatic carbocycles. The number of aryl methyl sites for hydroxylation is 1. The van der Waals surface area contributed by atoms with Gasteiger partial charge in [-0.3, -0.25) is 4.79 Å². The molecule has 0 spiro atoms. The summed E-state index contributed by atoms with van der Waals surface area (Å²) in [5.41, 5.74) is 4.17. The Bertz CT molecular complexity index is 917. The molecule has 0 atom stereocenters. The predicted octanol–water partition coefficient (Wildman–Crippen LogP) is 4.95. The van der Waals surface area contributed by atoms with Crippen LogP contribution in [0.4, 0.5) is 0 Å². The predicted molar refractivity (Wildman–Crippen MR) is 116 cm³/mol. The van der Waals surface area contributed by atoms with Crippen LogP contribution in [-0.2, 0) is 18.4 Å². The second kappa shape index (κ2) is 7.21. The molecule has 152 valence electrons. The van der Waals surface area contributed by atoms with Crippen LogP contribution in [0, 0.1) is 5.41 Å². The molecule has 0 radical (unpaired) electrons. The van der Waals surface area contributed by atoms with Gasteiger partial charge in [-0.2, -0.15) is 0 Å². The Morgan fingerprint density at radius 2 is 1.93 bits per heavy atom. The van der Waals surface area contributed by atoms with E-state index in [1.165, 1.54) is 5.56 Å². The van der Waals surface area contributed by atoms with E-state index in [1.54, 1.807) is 7.11 Å². The first kappa shape index (κ1) is 20.9. The summed E-state index contributed by atoms with van der Waals surface area (Å²) < 4.78 is 8.46. The fraction of sp³-hybridized carbons (Fsp3) is 0.545. The van der Waals surface area contributed by atoms with Crippen LogP contribution in [-0.4, -0.2) is 29.1 Å². The highest BCUT2D eigenvalue weighted by Gasteiger charge is 2.33. The molecule has 6 heteroatoms. The average Bonchev–Trinajstić information content (AvgIpc) is 2.99. The zero-order valence-corrected chi connectivity index (χ0v) is 19.5. The number of carbonyl (C=O) groups is 1. The molecule has 1 aromatic heterocycles. The van der Waals surface area contributed by atoms with Crippen molar-refractivity contribution < 1.29 is 9.53 Å². The van der Waals surface area contributed by atoms with Crippen molar-refractivity contribution in [1.82, 2.24) is 14.9 Å². The fourth-order valence-corrected chi connectivity index (χ4v) is 3.98. The molecule has 2 aromatic rings. The van der Waals surface area contributed by atoms with Gasteiger partial charge in [-0.15, -0.1) is 0 Å². The van der Waals surface area contributed by atoms with Crippen molar-refractivity contribution in [3.63, 3.8) is 0 Å². The second-order valence-corrected chi connectivity index (χ2v) is 10.5. The van der Waals surface area contributed by atoms with Crippen LogP contribution < -0.4 is 10.1 Å². The largest absolute Gasteiger partial charge is 0.496 e. The van der Waals surface area contributed by atoms with Gasteiger partial charge in [0, 0.05) is 24.1 Å². The maximum absolute atomic E-state index is 13.0. The molecule has 0 bridgehead atoms. The van der Waals surface area contributed by atoms with E-state index in [2.05, 4.69) is 79.5 Å². The Morgan fingerprint density at radius 1 is 1.25 bits per heavy atom. The van der Waals surface area contributed by atoms with E-state index in [-0.39, 0.29) is 16.7 Å². The lowest BCUT2D eigenvalue weighted by Gasteiger charge is -2.25. The van der Waals surface area contributed by atoms with Crippen LogP contribution in [0.25, 0.3) is 11.3 Å². The molecule has 1 aliphatic rings. The van der Waals surface area contributed by atoms with Crippen LogP contribution in [0.15, 0.2) is 16.6 Å². The van der Waals surface area contributed by atoms with Gasteiger partial charge in [0.15, 0.2) is 5.82 Å². The third kappa shape index (κ3) is 3.97. The number of carbonyl (C=O) groups excluding carboxylic acids is 1. The van der Waals surface area contributed by atoms with Crippen molar-refractivity contribution in [2.24, 2.45) is 5.41 Å². The highest BCUT2D eigenvalue weighted by molar-refractivity contribution is 9.10. The Labute approximate surface area is 176 Å².